The van der Waals surface area contributed by atoms with Crippen molar-refractivity contribution in [3.8, 4) is 0 Å². The first-order chi connectivity index (χ1) is 7.15. The van der Waals surface area contributed by atoms with Gasteiger partial charge in [-0.1, -0.05) is 28.8 Å². The van der Waals surface area contributed by atoms with E-state index in [2.05, 4.69) is 26.0 Å². The largest absolute Gasteiger partial charge is 0.468 e. The van der Waals surface area contributed by atoms with Crippen LogP contribution in [0.3, 0.4) is 0 Å². The number of ether oxygens (including phenoxy) is 1. The molecule has 1 aliphatic carbocycles. The van der Waals surface area contributed by atoms with Gasteiger partial charge in [0.2, 0.25) is 0 Å². The van der Waals surface area contributed by atoms with Crippen LogP contribution in [0.2, 0.25) is 0 Å². The van der Waals surface area contributed by atoms with Gasteiger partial charge in [0.15, 0.2) is 0 Å². The standard InChI is InChI=1S/C10H18BrNO3/c1-15-10(14)7(11)6-12-8-4-2-3-5-9(8)13/h7-9,12-13H,2-6H2,1H3. The molecule has 1 saturated carbocycles. The Morgan fingerprint density at radius 1 is 1.60 bits per heavy atom. The first-order valence-corrected chi connectivity index (χ1v) is 6.20. The summed E-state index contributed by atoms with van der Waals surface area (Å²) in [6, 6.07) is 0.114. The molecule has 3 unspecified atom stereocenters. The number of rotatable bonds is 4. The minimum absolute atomic E-state index is 0.114. The van der Waals surface area contributed by atoms with Crippen molar-refractivity contribution < 1.29 is 14.6 Å². The molecule has 1 rings (SSSR count). The van der Waals surface area contributed by atoms with Crippen molar-refractivity contribution in [2.24, 2.45) is 0 Å². The quantitative estimate of drug-likeness (QED) is 0.591. The summed E-state index contributed by atoms with van der Waals surface area (Å²) < 4.78 is 4.59. The minimum Gasteiger partial charge on any atom is -0.468 e. The molecule has 88 valence electrons. The zero-order valence-electron chi connectivity index (χ0n) is 8.91. The number of alkyl halides is 1. The number of esters is 1. The van der Waals surface area contributed by atoms with Gasteiger partial charge in [-0.3, -0.25) is 4.79 Å². The minimum atomic E-state index is -0.336. The lowest BCUT2D eigenvalue weighted by Crippen LogP contribution is -2.45. The lowest BCUT2D eigenvalue weighted by Gasteiger charge is -2.28. The number of halogens is 1. The molecule has 15 heavy (non-hydrogen) atoms. The van der Waals surface area contributed by atoms with Gasteiger partial charge in [0.25, 0.3) is 0 Å². The molecule has 0 aromatic carbocycles. The smallest absolute Gasteiger partial charge is 0.320 e. The fourth-order valence-corrected chi connectivity index (χ4v) is 2.19. The van der Waals surface area contributed by atoms with Gasteiger partial charge in [-0.2, -0.15) is 0 Å². The molecule has 2 N–H and O–H groups in total. The molecule has 5 heteroatoms. The molecule has 0 aromatic rings. The molecule has 3 atom stereocenters. The predicted molar refractivity (Wildman–Crippen MR) is 61.0 cm³/mol. The molecule has 0 saturated heterocycles. The molecular weight excluding hydrogens is 262 g/mol. The van der Waals surface area contributed by atoms with E-state index in [9.17, 15) is 9.90 Å². The third-order valence-electron chi connectivity index (χ3n) is 2.75. The van der Waals surface area contributed by atoms with E-state index < -0.39 is 0 Å². The molecule has 1 fully saturated rings. The number of aliphatic hydroxyl groups excluding tert-OH is 1. The van der Waals surface area contributed by atoms with Crippen molar-refractivity contribution in [3.05, 3.63) is 0 Å². The first kappa shape index (κ1) is 12.9. The highest BCUT2D eigenvalue weighted by atomic mass is 79.9. The monoisotopic (exact) mass is 279 g/mol. The van der Waals surface area contributed by atoms with Crippen molar-refractivity contribution in [1.82, 2.24) is 5.32 Å². The van der Waals surface area contributed by atoms with Gasteiger partial charge in [-0.05, 0) is 12.8 Å². The number of carbonyl (C=O) groups excluding carboxylic acids is 1. The zero-order chi connectivity index (χ0) is 11.3. The van der Waals surface area contributed by atoms with E-state index >= 15 is 0 Å². The third-order valence-corrected chi connectivity index (χ3v) is 3.44. The fourth-order valence-electron chi connectivity index (χ4n) is 1.82. The zero-order valence-corrected chi connectivity index (χ0v) is 10.5. The molecule has 0 radical (unpaired) electrons. The molecule has 0 spiro atoms. The van der Waals surface area contributed by atoms with E-state index in [1.54, 1.807) is 0 Å². The average molecular weight is 280 g/mol. The second kappa shape index (κ2) is 6.45. The lowest BCUT2D eigenvalue weighted by molar-refractivity contribution is -0.139. The summed E-state index contributed by atoms with van der Waals surface area (Å²) in [7, 11) is 1.37. The third kappa shape index (κ3) is 4.09. The van der Waals surface area contributed by atoms with Gasteiger partial charge in [-0.15, -0.1) is 0 Å². The van der Waals surface area contributed by atoms with Crippen LogP contribution in [-0.4, -0.2) is 41.7 Å². The van der Waals surface area contributed by atoms with Crippen LogP contribution in [0.5, 0.6) is 0 Å². The Morgan fingerprint density at radius 3 is 2.87 bits per heavy atom. The summed E-state index contributed by atoms with van der Waals surface area (Å²) in [5.74, 6) is -0.284. The molecule has 0 amide bonds. The van der Waals surface area contributed by atoms with Crippen molar-refractivity contribution in [2.45, 2.75) is 42.7 Å². The van der Waals surface area contributed by atoms with E-state index in [1.807, 2.05) is 0 Å². The number of hydrogen-bond acceptors (Lipinski definition) is 4. The summed E-state index contributed by atoms with van der Waals surface area (Å²) >= 11 is 3.23. The van der Waals surface area contributed by atoms with Gasteiger partial charge < -0.3 is 15.2 Å². The van der Waals surface area contributed by atoms with Crippen molar-refractivity contribution in [2.75, 3.05) is 13.7 Å². The van der Waals surface area contributed by atoms with E-state index in [4.69, 9.17) is 0 Å². The molecule has 0 bridgehead atoms. The highest BCUT2D eigenvalue weighted by Gasteiger charge is 2.24. The topological polar surface area (TPSA) is 58.6 Å². The maximum atomic E-state index is 11.1. The average Bonchev–Trinajstić information content (AvgIpc) is 2.26. The summed E-state index contributed by atoms with van der Waals surface area (Å²) in [6.45, 7) is 0.494. The van der Waals surface area contributed by atoms with E-state index in [1.165, 1.54) is 7.11 Å². The highest BCUT2D eigenvalue weighted by molar-refractivity contribution is 9.10. The summed E-state index contributed by atoms with van der Waals surface area (Å²) in [4.78, 5) is 10.8. The maximum absolute atomic E-state index is 11.1. The Morgan fingerprint density at radius 2 is 2.27 bits per heavy atom. The van der Waals surface area contributed by atoms with Crippen molar-refractivity contribution in [1.29, 1.82) is 0 Å². The highest BCUT2D eigenvalue weighted by Crippen LogP contribution is 2.18. The normalized spacial score (nSPS) is 28.5. The fraction of sp³-hybridized carbons (Fsp3) is 0.900. The molecule has 1 aliphatic rings. The van der Waals surface area contributed by atoms with Gasteiger partial charge in [0.1, 0.15) is 4.83 Å². The molecule has 0 heterocycles. The van der Waals surface area contributed by atoms with Crippen LogP contribution < -0.4 is 5.32 Å². The van der Waals surface area contributed by atoms with Gasteiger partial charge >= 0.3 is 5.97 Å². The van der Waals surface area contributed by atoms with Crippen molar-refractivity contribution >= 4 is 21.9 Å². The van der Waals surface area contributed by atoms with E-state index in [-0.39, 0.29) is 22.9 Å². The van der Waals surface area contributed by atoms with Crippen LogP contribution in [-0.2, 0) is 9.53 Å². The summed E-state index contributed by atoms with van der Waals surface area (Å²) in [5, 5.41) is 12.9. The number of carbonyl (C=O) groups is 1. The van der Waals surface area contributed by atoms with Crippen LogP contribution in [0.25, 0.3) is 0 Å². The van der Waals surface area contributed by atoms with Gasteiger partial charge in [0, 0.05) is 12.6 Å². The van der Waals surface area contributed by atoms with E-state index in [0.29, 0.717) is 6.54 Å². The van der Waals surface area contributed by atoms with Crippen LogP contribution in [0.15, 0.2) is 0 Å². The van der Waals surface area contributed by atoms with Crippen LogP contribution in [0.1, 0.15) is 25.7 Å². The Labute approximate surface area is 98.5 Å². The lowest BCUT2D eigenvalue weighted by atomic mass is 9.92. The number of methoxy groups -OCH3 is 1. The van der Waals surface area contributed by atoms with Crippen molar-refractivity contribution in [3.63, 3.8) is 0 Å². The molecule has 4 nitrogen and oxygen atoms in total. The molecular formula is C10H18BrNO3. The Hall–Kier alpha value is -0.130. The molecule has 0 aromatic heterocycles. The Balaban J connectivity index is 2.26. The first-order valence-electron chi connectivity index (χ1n) is 5.28. The number of hydrogen-bond donors (Lipinski definition) is 2. The summed E-state index contributed by atoms with van der Waals surface area (Å²) in [6.07, 6.45) is 3.77. The second-order valence-corrected chi connectivity index (χ2v) is 4.96. The maximum Gasteiger partial charge on any atom is 0.320 e. The van der Waals surface area contributed by atoms with Gasteiger partial charge in [-0.25, -0.2) is 0 Å². The Kier molecular flexibility index (Phi) is 5.56. The summed E-state index contributed by atoms with van der Waals surface area (Å²) in [5.41, 5.74) is 0. The second-order valence-electron chi connectivity index (χ2n) is 3.86. The van der Waals surface area contributed by atoms with Crippen LogP contribution >= 0.6 is 15.9 Å². The van der Waals surface area contributed by atoms with Crippen LogP contribution in [0.4, 0.5) is 0 Å². The van der Waals surface area contributed by atoms with Crippen LogP contribution in [0, 0.1) is 0 Å². The predicted octanol–water partition coefficient (Wildman–Crippen LogP) is 0.816. The SMILES string of the molecule is COC(=O)C(Br)CNC1CCCCC1O. The number of aliphatic hydroxyl groups is 1. The molecule has 0 aliphatic heterocycles. The number of nitrogens with one attached hydrogen (secondary N) is 1. The Bertz CT molecular complexity index is 213. The van der Waals surface area contributed by atoms with Gasteiger partial charge in [0.05, 0.1) is 13.2 Å². The van der Waals surface area contributed by atoms with E-state index in [0.717, 1.165) is 25.7 Å².